The lowest BCUT2D eigenvalue weighted by Gasteiger charge is -2.63. The van der Waals surface area contributed by atoms with E-state index in [1.807, 2.05) is 18.9 Å². The minimum absolute atomic E-state index is 0.138. The Morgan fingerprint density at radius 3 is 2.58 bits per heavy atom. The number of hydrogen-bond acceptors (Lipinski definition) is 9. The summed E-state index contributed by atoms with van der Waals surface area (Å²) in [4.78, 5) is 35.5. The summed E-state index contributed by atoms with van der Waals surface area (Å²) in [5, 5.41) is 41.8. The van der Waals surface area contributed by atoms with Gasteiger partial charge in [0.1, 0.15) is 24.0 Å². The molecule has 0 radical (unpaired) electrons. The number of Topliss-reactive ketones (excluding diaryl/α,β-unsaturated/α-hetero) is 1. The number of likely N-dealkylation sites (N-methyl/N-ethyl adjacent to an activating group) is 1. The Morgan fingerprint density at radius 2 is 1.84 bits per heavy atom. The number of aromatic nitrogens is 1. The van der Waals surface area contributed by atoms with E-state index in [9.17, 15) is 24.9 Å². The number of rotatable bonds is 8. The van der Waals surface area contributed by atoms with Crippen molar-refractivity contribution in [3.8, 4) is 5.75 Å². The number of alkyl carbamates (subject to hydrolysis) is 1. The van der Waals surface area contributed by atoms with E-state index in [-0.39, 0.29) is 12.6 Å². The molecule has 0 bridgehead atoms. The molecule has 306 valence electrons. The fourth-order valence-electron chi connectivity index (χ4n) is 13.5. The van der Waals surface area contributed by atoms with Crippen LogP contribution in [-0.4, -0.2) is 131 Å². The number of piperidine rings is 1. The number of benzene rings is 2. The minimum atomic E-state index is -2.26. The van der Waals surface area contributed by atoms with Crippen LogP contribution in [0.3, 0.4) is 0 Å². The van der Waals surface area contributed by atoms with Crippen molar-refractivity contribution < 1.29 is 38.9 Å². The number of carbonyl (C=O) groups excluding carboxylic acids is 2. The highest BCUT2D eigenvalue weighted by Crippen LogP contribution is 2.68. The van der Waals surface area contributed by atoms with E-state index in [4.69, 9.17) is 9.47 Å². The van der Waals surface area contributed by atoms with Gasteiger partial charge in [-0.05, 0) is 68.8 Å². The lowest BCUT2D eigenvalue weighted by Crippen LogP contribution is -2.81. The SMILES string of the molecule is CCOC(=O)NCC(=O)[C@]1(O)C2N(C)c3cc(OC)c([C@]4(C)c5[nH]c6ccccc6c5CC[N+]45CCC[C@@](O)(CC)C5)cc3[C@@]23CCN2CC=C[C@@](CC)([C@H]1O)[C@H]23. The van der Waals surface area contributed by atoms with Gasteiger partial charge in [-0.1, -0.05) is 44.2 Å². The van der Waals surface area contributed by atoms with Crippen LogP contribution in [0.15, 0.2) is 48.6 Å². The van der Waals surface area contributed by atoms with Gasteiger partial charge in [-0.3, -0.25) is 9.69 Å². The van der Waals surface area contributed by atoms with Crippen molar-refractivity contribution in [3.63, 3.8) is 0 Å². The second-order valence-electron chi connectivity index (χ2n) is 18.1. The summed E-state index contributed by atoms with van der Waals surface area (Å²) < 4.78 is 12.2. The van der Waals surface area contributed by atoms with Gasteiger partial charge in [0, 0.05) is 66.5 Å². The number of para-hydroxylation sites is 1. The molecule has 2 unspecified atom stereocenters. The van der Waals surface area contributed by atoms with Crippen molar-refractivity contribution in [1.82, 2.24) is 15.2 Å². The fraction of sp³-hybridized carbons (Fsp3) is 0.600. The van der Waals surface area contributed by atoms with Gasteiger partial charge in [-0.15, -0.1) is 0 Å². The first kappa shape index (κ1) is 38.6. The van der Waals surface area contributed by atoms with Crippen LogP contribution < -0.4 is 15.0 Å². The number of ether oxygens (including phenoxy) is 2. The molecular formula is C45H60N5O7+. The smallest absolute Gasteiger partial charge is 0.407 e. The van der Waals surface area contributed by atoms with Gasteiger partial charge in [0.15, 0.2) is 16.9 Å². The molecule has 6 heterocycles. The molecule has 57 heavy (non-hydrogen) atoms. The molecule has 1 aliphatic carbocycles. The van der Waals surface area contributed by atoms with E-state index in [1.54, 1.807) is 14.0 Å². The van der Waals surface area contributed by atoms with Gasteiger partial charge in [-0.2, -0.15) is 0 Å². The number of quaternary nitrogens is 1. The number of aliphatic hydroxyl groups is 3. The molecule has 3 aromatic rings. The number of hydrogen-bond donors (Lipinski definition) is 5. The average molecular weight is 783 g/mol. The number of aliphatic hydroxyl groups excluding tert-OH is 1. The molecule has 1 saturated carbocycles. The maximum absolute atomic E-state index is 14.7. The third-order valence-electron chi connectivity index (χ3n) is 16.1. The van der Waals surface area contributed by atoms with Crippen LogP contribution in [0.2, 0.25) is 0 Å². The maximum atomic E-state index is 14.7. The Morgan fingerprint density at radius 1 is 1.05 bits per heavy atom. The zero-order valence-electron chi connectivity index (χ0n) is 34.4. The lowest BCUT2D eigenvalue weighted by atomic mass is 9.47. The first-order valence-corrected chi connectivity index (χ1v) is 21.2. The molecule has 2 saturated heterocycles. The number of anilines is 1. The number of methoxy groups -OCH3 is 1. The third-order valence-corrected chi connectivity index (χ3v) is 16.1. The highest BCUT2D eigenvalue weighted by atomic mass is 16.5. The summed E-state index contributed by atoms with van der Waals surface area (Å²) in [5.74, 6) is 0.0499. The quantitative estimate of drug-likeness (QED) is 0.167. The van der Waals surface area contributed by atoms with Gasteiger partial charge in [0.25, 0.3) is 0 Å². The van der Waals surface area contributed by atoms with Crippen molar-refractivity contribution in [2.75, 3.05) is 64.9 Å². The predicted octanol–water partition coefficient (Wildman–Crippen LogP) is 4.27. The number of ketones is 1. The Labute approximate surface area is 335 Å². The highest BCUT2D eigenvalue weighted by Gasteiger charge is 2.78. The number of nitrogens with zero attached hydrogens (tertiary/aromatic N) is 3. The van der Waals surface area contributed by atoms with E-state index >= 15 is 0 Å². The molecule has 1 amide bonds. The van der Waals surface area contributed by atoms with Gasteiger partial charge in [-0.25, -0.2) is 4.79 Å². The maximum Gasteiger partial charge on any atom is 0.407 e. The lowest BCUT2D eigenvalue weighted by molar-refractivity contribution is -0.987. The summed E-state index contributed by atoms with van der Waals surface area (Å²) in [5.41, 5.74) is 0.921. The topological polar surface area (TPSA) is 148 Å². The number of nitrogens with one attached hydrogen (secondary N) is 2. The van der Waals surface area contributed by atoms with E-state index < -0.39 is 58.1 Å². The summed E-state index contributed by atoms with van der Waals surface area (Å²) in [6.07, 6.45) is 6.29. The van der Waals surface area contributed by atoms with Gasteiger partial charge >= 0.3 is 6.09 Å². The molecule has 2 spiro atoms. The Bertz CT molecular complexity index is 2170. The van der Waals surface area contributed by atoms with Crippen LogP contribution in [0, 0.1) is 5.41 Å². The van der Waals surface area contributed by atoms with E-state index in [0.29, 0.717) is 42.6 Å². The zero-order valence-corrected chi connectivity index (χ0v) is 34.4. The van der Waals surface area contributed by atoms with Crippen LogP contribution >= 0.6 is 0 Å². The van der Waals surface area contributed by atoms with Crippen LogP contribution in [0.5, 0.6) is 5.75 Å². The summed E-state index contributed by atoms with van der Waals surface area (Å²) >= 11 is 0. The van der Waals surface area contributed by atoms with E-state index in [0.717, 1.165) is 66.9 Å². The Kier molecular flexibility index (Phi) is 8.82. The summed E-state index contributed by atoms with van der Waals surface area (Å²) in [7, 11) is 3.63. The average Bonchev–Trinajstić information content (AvgIpc) is 3.88. The number of amides is 1. The normalized spacial score (nSPS) is 37.8. The molecule has 5 aliphatic heterocycles. The van der Waals surface area contributed by atoms with E-state index in [1.165, 1.54) is 10.9 Å². The molecule has 12 heteroatoms. The fourth-order valence-corrected chi connectivity index (χ4v) is 13.5. The number of carbonyl (C=O) groups is 2. The number of fused-ring (bicyclic) bond motifs is 4. The summed E-state index contributed by atoms with van der Waals surface area (Å²) in [6, 6.07) is 11.9. The molecule has 3 fully saturated rings. The monoisotopic (exact) mass is 782 g/mol. The summed E-state index contributed by atoms with van der Waals surface area (Å²) in [6.45, 7) is 11.6. The third kappa shape index (κ3) is 4.79. The number of H-pyrrole nitrogens is 1. The molecule has 5 N–H and O–H groups in total. The van der Waals surface area contributed by atoms with Crippen LogP contribution in [0.1, 0.15) is 82.2 Å². The highest BCUT2D eigenvalue weighted by molar-refractivity contribution is 5.95. The van der Waals surface area contributed by atoms with Gasteiger partial charge in [0.2, 0.25) is 0 Å². The van der Waals surface area contributed by atoms with Crippen molar-refractivity contribution in [3.05, 3.63) is 70.9 Å². The van der Waals surface area contributed by atoms with Crippen LogP contribution in [0.25, 0.3) is 10.9 Å². The standard InChI is InChI=1S/C45H59N5O7/c1-7-42(54)17-13-22-50(27-42)23-16-29-28-14-10-11-15-32(28)47-36(29)41(50,4)31-24-30-33(25-34(31)56-6)48(5)38-44(30)19-21-49-20-12-18-43(8-2,37(44)49)39(52)45(38,55)35(51)26-46-40(53)57-9-3/h10-12,14-15,18,24-25,37-39,47,52,54-55H,7-9,13,16-17,19-23,26-27H2,1-6H3/p+1/t37-,38?,39+,41+,42-,43+,44+,45-,50?/m0/s1. The van der Waals surface area contributed by atoms with Crippen molar-refractivity contribution in [1.29, 1.82) is 0 Å². The molecule has 12 nitrogen and oxygen atoms in total. The molecule has 9 rings (SSSR count). The Balaban J connectivity index is 1.30. The Hall–Kier alpha value is -3.94. The predicted molar refractivity (Wildman–Crippen MR) is 217 cm³/mol. The van der Waals surface area contributed by atoms with Crippen LogP contribution in [0.4, 0.5) is 10.5 Å². The first-order chi connectivity index (χ1) is 27.2. The van der Waals surface area contributed by atoms with Crippen LogP contribution in [-0.2, 0) is 26.9 Å². The minimum Gasteiger partial charge on any atom is -0.496 e. The second-order valence-corrected chi connectivity index (χ2v) is 18.1. The van der Waals surface area contributed by atoms with Crippen molar-refractivity contribution >= 4 is 28.5 Å². The molecule has 1 aromatic heterocycles. The van der Waals surface area contributed by atoms with Gasteiger partial charge < -0.3 is 44.5 Å². The van der Waals surface area contributed by atoms with Gasteiger partial charge in [0.05, 0.1) is 50.7 Å². The van der Waals surface area contributed by atoms with E-state index in [2.05, 4.69) is 77.6 Å². The molecule has 2 aromatic carbocycles. The first-order valence-electron chi connectivity index (χ1n) is 21.2. The zero-order chi connectivity index (χ0) is 40.3. The largest absolute Gasteiger partial charge is 0.496 e. The number of aromatic amines is 1. The van der Waals surface area contributed by atoms with Crippen molar-refractivity contribution in [2.24, 2.45) is 5.41 Å². The molecule has 6 aliphatic rings. The van der Waals surface area contributed by atoms with Crippen molar-refractivity contribution in [2.45, 2.75) is 107 Å². The molecular weight excluding hydrogens is 723 g/mol. The molecule has 9 atom stereocenters. The second kappa shape index (κ2) is 13.0.